The first-order valence-corrected chi connectivity index (χ1v) is 16.1. The third-order valence-corrected chi connectivity index (χ3v) is 11.6. The molecule has 3 heterocycles. The lowest BCUT2D eigenvalue weighted by molar-refractivity contribution is 0.166. The highest BCUT2D eigenvalue weighted by atomic mass is 19.1. The zero-order valence-corrected chi connectivity index (χ0v) is 24.1. The van der Waals surface area contributed by atoms with Gasteiger partial charge in [0.1, 0.15) is 11.6 Å². The van der Waals surface area contributed by atoms with Gasteiger partial charge in [0.25, 0.3) is 6.71 Å². The molecule has 2 atom stereocenters. The van der Waals surface area contributed by atoms with Crippen molar-refractivity contribution in [3.8, 4) is 5.69 Å². The van der Waals surface area contributed by atoms with Crippen LogP contribution in [0.4, 0.5) is 8.78 Å². The van der Waals surface area contributed by atoms with Crippen molar-refractivity contribution in [3.05, 3.63) is 108 Å². The van der Waals surface area contributed by atoms with Gasteiger partial charge in [0.05, 0.1) is 22.1 Å². The summed E-state index contributed by atoms with van der Waals surface area (Å²) in [6.07, 6.45) is 6.35. The lowest BCUT2D eigenvalue weighted by atomic mass is 9.35. The number of hydrogen-bond donors (Lipinski definition) is 0. The minimum atomic E-state index is -0.561. The largest absolute Gasteiger partial charge is 0.281 e. The minimum absolute atomic E-state index is 0.139. The first-order chi connectivity index (χ1) is 21.6. The highest BCUT2D eigenvalue weighted by molar-refractivity contribution is 6.98. The van der Waals surface area contributed by atoms with Gasteiger partial charge in [-0.1, -0.05) is 48.5 Å². The van der Waals surface area contributed by atoms with Crippen LogP contribution in [0.15, 0.2) is 84.9 Å². The van der Waals surface area contributed by atoms with E-state index in [0.717, 1.165) is 67.1 Å². The van der Waals surface area contributed by atoms with Crippen molar-refractivity contribution >= 4 is 61.7 Å². The van der Waals surface area contributed by atoms with Crippen molar-refractivity contribution in [2.75, 3.05) is 0 Å². The predicted octanol–water partition coefficient (Wildman–Crippen LogP) is 7.08. The van der Waals surface area contributed by atoms with Crippen LogP contribution < -0.4 is 16.4 Å². The maximum Gasteiger partial charge on any atom is 0.254 e. The molecule has 0 amide bonds. The monoisotopic (exact) mass is 575 g/mol. The highest BCUT2D eigenvalue weighted by Crippen LogP contribution is 2.56. The lowest BCUT2D eigenvalue weighted by Crippen LogP contribution is -2.58. The Labute approximate surface area is 253 Å². The van der Waals surface area contributed by atoms with E-state index in [0.29, 0.717) is 11.8 Å². The van der Waals surface area contributed by atoms with Gasteiger partial charge < -0.3 is 0 Å². The summed E-state index contributed by atoms with van der Waals surface area (Å²) in [4.78, 5) is 5.26. The molecule has 0 N–H and O–H groups in total. The molecule has 5 aliphatic rings. The average Bonchev–Trinajstić information content (AvgIpc) is 3.34. The Morgan fingerprint density at radius 3 is 2.18 bits per heavy atom. The number of rotatable bonds is 1. The van der Waals surface area contributed by atoms with E-state index >= 15 is 8.78 Å². The van der Waals surface area contributed by atoms with E-state index < -0.39 is 18.3 Å². The van der Waals surface area contributed by atoms with Crippen molar-refractivity contribution in [2.24, 2.45) is 11.8 Å². The second kappa shape index (κ2) is 8.18. The Morgan fingerprint density at radius 1 is 0.682 bits per heavy atom. The standard InChI is InChI=1S/C38H28BF2N3/c40-29-6-4-7-30(41)36(29)39-27-12-11-22-5-3-10-33-35(22)37(27)44(38-42-31-8-1-2-9-32(31)43(33)38)34-19-26-24-16-20-13-21(17-24)15-23(14-20)25(26)18-28(34)39/h1-12,18-21,23-24H,13-17H2. The van der Waals surface area contributed by atoms with Crippen LogP contribution >= 0.6 is 0 Å². The predicted molar refractivity (Wildman–Crippen MR) is 174 cm³/mol. The first kappa shape index (κ1) is 23.9. The van der Waals surface area contributed by atoms with Crippen molar-refractivity contribution in [2.45, 2.75) is 43.9 Å². The fourth-order valence-corrected chi connectivity index (χ4v) is 10.1. The Morgan fingerprint density at radius 2 is 1.39 bits per heavy atom. The number of aromatic nitrogens is 3. The summed E-state index contributed by atoms with van der Waals surface area (Å²) in [5, 5.41) is 2.21. The van der Waals surface area contributed by atoms with E-state index in [4.69, 9.17) is 4.98 Å². The Kier molecular flexibility index (Phi) is 4.45. The molecule has 5 aromatic carbocycles. The lowest BCUT2D eigenvalue weighted by Gasteiger charge is -2.38. The topological polar surface area (TPSA) is 22.2 Å². The smallest absolute Gasteiger partial charge is 0.254 e. The molecule has 44 heavy (non-hydrogen) atoms. The Balaban J connectivity index is 1.36. The summed E-state index contributed by atoms with van der Waals surface area (Å²) >= 11 is 0. The molecule has 3 nitrogen and oxygen atoms in total. The van der Waals surface area contributed by atoms with E-state index in [1.165, 1.54) is 61.4 Å². The van der Waals surface area contributed by atoms with E-state index in [9.17, 15) is 0 Å². The van der Waals surface area contributed by atoms with Crippen LogP contribution in [0.25, 0.3) is 44.3 Å². The summed E-state index contributed by atoms with van der Waals surface area (Å²) < 4.78 is 36.4. The molecule has 12 rings (SSSR count). The quantitative estimate of drug-likeness (QED) is 0.192. The van der Waals surface area contributed by atoms with E-state index in [1.807, 2.05) is 6.07 Å². The van der Waals surface area contributed by atoms with Crippen molar-refractivity contribution in [1.82, 2.24) is 14.0 Å². The van der Waals surface area contributed by atoms with Gasteiger partial charge >= 0.3 is 0 Å². The molecule has 4 aliphatic carbocycles. The van der Waals surface area contributed by atoms with Crippen LogP contribution in [0.2, 0.25) is 0 Å². The summed E-state index contributed by atoms with van der Waals surface area (Å²) in [7, 11) is 0. The number of hydrogen-bond acceptors (Lipinski definition) is 1. The summed E-state index contributed by atoms with van der Waals surface area (Å²) in [5.41, 5.74) is 10.0. The van der Waals surface area contributed by atoms with Gasteiger partial charge in [-0.3, -0.25) is 8.97 Å². The Hall–Kier alpha value is -4.45. The number of fused-ring (bicyclic) bond motifs is 7. The molecule has 1 aliphatic heterocycles. The van der Waals surface area contributed by atoms with Crippen LogP contribution in [0.3, 0.4) is 0 Å². The van der Waals surface area contributed by atoms with Crippen molar-refractivity contribution < 1.29 is 8.78 Å². The fourth-order valence-electron chi connectivity index (χ4n) is 10.1. The maximum absolute atomic E-state index is 15.9. The van der Waals surface area contributed by atoms with Gasteiger partial charge in [0.15, 0.2) is 0 Å². The van der Waals surface area contributed by atoms with Gasteiger partial charge in [-0.2, -0.15) is 0 Å². The van der Waals surface area contributed by atoms with Gasteiger partial charge in [0, 0.05) is 16.5 Å². The zero-order chi connectivity index (χ0) is 28.8. The Bertz CT molecular complexity index is 2370. The van der Waals surface area contributed by atoms with Crippen LogP contribution in [0.1, 0.15) is 55.1 Å². The molecule has 6 heteroatoms. The van der Waals surface area contributed by atoms with Crippen LogP contribution in [-0.2, 0) is 0 Å². The van der Waals surface area contributed by atoms with Crippen molar-refractivity contribution in [1.29, 1.82) is 0 Å². The van der Waals surface area contributed by atoms with Crippen LogP contribution in [0, 0.1) is 23.5 Å². The number of imidazole rings is 1. The van der Waals surface area contributed by atoms with Crippen LogP contribution in [-0.4, -0.2) is 20.7 Å². The molecule has 2 fully saturated rings. The van der Waals surface area contributed by atoms with E-state index in [-0.39, 0.29) is 5.46 Å². The zero-order valence-electron chi connectivity index (χ0n) is 24.1. The molecule has 0 radical (unpaired) electrons. The average molecular weight is 575 g/mol. The number of nitrogens with zero attached hydrogens (tertiary/aromatic N) is 3. The molecular weight excluding hydrogens is 547 g/mol. The SMILES string of the molecule is Fc1cccc(F)c1B1c2cc3c(cc2-n2c4c1ccc1cccc(c14)n1c4ccccc4nc21)C1CC2CC(CC3C2)C1. The first-order valence-electron chi connectivity index (χ1n) is 16.1. The maximum atomic E-state index is 15.9. The van der Waals surface area contributed by atoms with Gasteiger partial charge in [-0.05, 0) is 120 Å². The molecule has 4 bridgehead atoms. The van der Waals surface area contributed by atoms with Gasteiger partial charge in [-0.15, -0.1) is 0 Å². The normalized spacial score (nSPS) is 23.2. The minimum Gasteiger partial charge on any atom is -0.281 e. The fraction of sp³-hybridized carbons (Fsp3) is 0.237. The molecular formula is C38H28BF2N3. The molecule has 2 saturated carbocycles. The van der Waals surface area contributed by atoms with Gasteiger partial charge in [0.2, 0.25) is 5.78 Å². The number of benzene rings is 5. The van der Waals surface area contributed by atoms with E-state index in [2.05, 4.69) is 69.6 Å². The summed E-state index contributed by atoms with van der Waals surface area (Å²) in [6, 6.07) is 28.0. The third-order valence-electron chi connectivity index (χ3n) is 11.6. The van der Waals surface area contributed by atoms with Crippen molar-refractivity contribution in [3.63, 3.8) is 0 Å². The number of para-hydroxylation sites is 2. The summed E-state index contributed by atoms with van der Waals surface area (Å²) in [6.45, 7) is -0.561. The molecule has 0 spiro atoms. The summed E-state index contributed by atoms with van der Waals surface area (Å²) in [5.74, 6) is 2.48. The molecule has 2 unspecified atom stereocenters. The highest BCUT2D eigenvalue weighted by Gasteiger charge is 2.44. The molecule has 2 aromatic heterocycles. The van der Waals surface area contributed by atoms with Crippen LogP contribution in [0.5, 0.6) is 0 Å². The second-order valence-corrected chi connectivity index (χ2v) is 13.9. The second-order valence-electron chi connectivity index (χ2n) is 13.9. The number of halogens is 2. The molecule has 212 valence electrons. The van der Waals surface area contributed by atoms with Gasteiger partial charge in [-0.25, -0.2) is 13.8 Å². The molecule has 0 saturated heterocycles. The third kappa shape index (κ3) is 2.90. The molecule has 7 aromatic rings. The van der Waals surface area contributed by atoms with E-state index in [1.54, 1.807) is 0 Å².